The molecule has 0 aliphatic carbocycles. The molecule has 2 rings (SSSR count). The first-order valence-corrected chi connectivity index (χ1v) is 5.96. The summed E-state index contributed by atoms with van der Waals surface area (Å²) in [6.07, 6.45) is 0.855. The van der Waals surface area contributed by atoms with E-state index in [1.54, 1.807) is 0 Å². The van der Waals surface area contributed by atoms with Crippen LogP contribution < -0.4 is 0 Å². The van der Waals surface area contributed by atoms with E-state index < -0.39 is 22.3 Å². The number of rotatable bonds is 2. The third kappa shape index (κ3) is 2.73. The first kappa shape index (κ1) is 13.9. The summed E-state index contributed by atoms with van der Waals surface area (Å²) in [5.41, 5.74) is 0.00519. The van der Waals surface area contributed by atoms with Crippen LogP contribution in [-0.4, -0.2) is 39.7 Å². The van der Waals surface area contributed by atoms with E-state index in [1.165, 1.54) is 4.90 Å². The number of hydrogen-bond donors (Lipinski definition) is 1. The van der Waals surface area contributed by atoms with Crippen molar-refractivity contribution in [3.8, 4) is 0 Å². The topological polar surface area (TPSA) is 96.0 Å². The second-order valence-corrected chi connectivity index (χ2v) is 4.38. The smallest absolute Gasteiger partial charge is 0.272 e. The zero-order valence-corrected chi connectivity index (χ0v) is 10.5. The third-order valence-corrected chi connectivity index (χ3v) is 3.16. The van der Waals surface area contributed by atoms with E-state index >= 15 is 0 Å². The molecule has 8 heteroatoms. The molecule has 1 amide bonds. The third-order valence-electron chi connectivity index (χ3n) is 3.16. The van der Waals surface area contributed by atoms with Crippen LogP contribution in [0.4, 0.5) is 10.1 Å². The van der Waals surface area contributed by atoms with Crippen LogP contribution in [0.5, 0.6) is 0 Å². The molecule has 1 aromatic carbocycles. The molecule has 0 bridgehead atoms. The number of non-ortho nitro benzene ring substituents is 1. The number of carbonyl (C=O) groups is 1. The average molecular weight is 281 g/mol. The van der Waals surface area contributed by atoms with Gasteiger partial charge in [-0.25, -0.2) is 4.39 Å². The van der Waals surface area contributed by atoms with E-state index in [2.05, 4.69) is 5.16 Å². The largest absolute Gasteiger partial charge is 0.411 e. The second-order valence-electron chi connectivity index (χ2n) is 4.38. The highest BCUT2D eigenvalue weighted by atomic mass is 19.1. The summed E-state index contributed by atoms with van der Waals surface area (Å²) < 4.78 is 13.7. The molecule has 0 radical (unpaired) electrons. The molecule has 1 aliphatic rings. The quantitative estimate of drug-likeness (QED) is 0.508. The number of nitrogens with zero attached hydrogens (tertiary/aromatic N) is 3. The molecule has 1 saturated heterocycles. The van der Waals surface area contributed by atoms with Crippen LogP contribution in [-0.2, 0) is 0 Å². The zero-order valence-electron chi connectivity index (χ0n) is 10.5. The summed E-state index contributed by atoms with van der Waals surface area (Å²) in [4.78, 5) is 23.3. The van der Waals surface area contributed by atoms with Crippen LogP contribution in [0, 0.1) is 15.9 Å². The maximum Gasteiger partial charge on any atom is 0.272 e. The molecule has 0 unspecified atom stereocenters. The van der Waals surface area contributed by atoms with E-state index in [9.17, 15) is 19.3 Å². The molecule has 1 heterocycles. The van der Waals surface area contributed by atoms with Crippen molar-refractivity contribution in [1.82, 2.24) is 4.90 Å². The van der Waals surface area contributed by atoms with Gasteiger partial charge in [-0.05, 0) is 6.07 Å². The summed E-state index contributed by atoms with van der Waals surface area (Å²) >= 11 is 0. The van der Waals surface area contributed by atoms with Gasteiger partial charge in [0.1, 0.15) is 5.82 Å². The lowest BCUT2D eigenvalue weighted by Crippen LogP contribution is -2.39. The van der Waals surface area contributed by atoms with Gasteiger partial charge in [-0.1, -0.05) is 5.16 Å². The maximum atomic E-state index is 13.7. The fourth-order valence-electron chi connectivity index (χ4n) is 2.03. The van der Waals surface area contributed by atoms with E-state index in [-0.39, 0.29) is 5.56 Å². The van der Waals surface area contributed by atoms with E-state index in [1.807, 2.05) is 0 Å². The molecule has 0 aromatic heterocycles. The van der Waals surface area contributed by atoms with Crippen molar-refractivity contribution in [2.45, 2.75) is 12.8 Å². The molecule has 1 aliphatic heterocycles. The van der Waals surface area contributed by atoms with Crippen LogP contribution in [0.15, 0.2) is 23.4 Å². The van der Waals surface area contributed by atoms with E-state index in [0.29, 0.717) is 31.6 Å². The zero-order chi connectivity index (χ0) is 14.7. The van der Waals surface area contributed by atoms with Gasteiger partial charge in [-0.3, -0.25) is 14.9 Å². The van der Waals surface area contributed by atoms with Gasteiger partial charge in [0.15, 0.2) is 0 Å². The summed E-state index contributed by atoms with van der Waals surface area (Å²) in [6, 6.07) is 2.95. The number of nitro groups is 1. The molecule has 1 N–H and O–H groups in total. The number of likely N-dealkylation sites (tertiary alicyclic amines) is 1. The van der Waals surface area contributed by atoms with Crippen LogP contribution >= 0.6 is 0 Å². The summed E-state index contributed by atoms with van der Waals surface area (Å²) in [7, 11) is 0. The molecule has 0 atom stereocenters. The predicted octanol–water partition coefficient (Wildman–Crippen LogP) is 1.80. The Balaban J connectivity index is 2.16. The first-order chi connectivity index (χ1) is 9.52. The van der Waals surface area contributed by atoms with Crippen molar-refractivity contribution in [2.75, 3.05) is 13.1 Å². The van der Waals surface area contributed by atoms with Gasteiger partial charge in [-0.2, -0.15) is 0 Å². The van der Waals surface area contributed by atoms with Gasteiger partial charge < -0.3 is 10.1 Å². The SMILES string of the molecule is O=C(c1ccc([N+](=O)[O-])cc1F)N1CCC(=NO)CC1. The molecule has 20 heavy (non-hydrogen) atoms. The highest BCUT2D eigenvalue weighted by Gasteiger charge is 2.24. The average Bonchev–Trinajstić information content (AvgIpc) is 2.46. The fraction of sp³-hybridized carbons (Fsp3) is 0.333. The van der Waals surface area contributed by atoms with Gasteiger partial charge in [0.25, 0.3) is 11.6 Å². The molecular formula is C12H12FN3O4. The molecule has 0 spiro atoms. The Morgan fingerprint density at radius 1 is 1.40 bits per heavy atom. The summed E-state index contributed by atoms with van der Waals surface area (Å²) in [6.45, 7) is 0.656. The highest BCUT2D eigenvalue weighted by molar-refractivity contribution is 5.96. The molecule has 7 nitrogen and oxygen atoms in total. The minimum absolute atomic E-state index is 0.194. The number of carbonyl (C=O) groups excluding carboxylic acids is 1. The Morgan fingerprint density at radius 3 is 2.55 bits per heavy atom. The van der Waals surface area contributed by atoms with Crippen LogP contribution in [0.2, 0.25) is 0 Å². The van der Waals surface area contributed by atoms with Crippen molar-refractivity contribution in [2.24, 2.45) is 5.16 Å². The van der Waals surface area contributed by atoms with Gasteiger partial charge >= 0.3 is 0 Å². The van der Waals surface area contributed by atoms with Crippen LogP contribution in [0.1, 0.15) is 23.2 Å². The van der Waals surface area contributed by atoms with Crippen molar-refractivity contribution in [3.05, 3.63) is 39.7 Å². The lowest BCUT2D eigenvalue weighted by Gasteiger charge is -2.27. The van der Waals surface area contributed by atoms with E-state index in [0.717, 1.165) is 18.2 Å². The monoisotopic (exact) mass is 281 g/mol. The Hall–Kier alpha value is -2.51. The Morgan fingerprint density at radius 2 is 2.05 bits per heavy atom. The molecular weight excluding hydrogens is 269 g/mol. The number of oxime groups is 1. The molecule has 106 valence electrons. The number of nitro benzene ring substituents is 1. The maximum absolute atomic E-state index is 13.7. The van der Waals surface area contributed by atoms with Gasteiger partial charge in [0, 0.05) is 32.0 Å². The standard InChI is InChI=1S/C12H12FN3O4/c13-11-7-9(16(19)20)1-2-10(11)12(17)15-5-3-8(14-18)4-6-15/h1-2,7,18H,3-6H2. The minimum atomic E-state index is -0.911. The predicted molar refractivity (Wildman–Crippen MR) is 67.4 cm³/mol. The Labute approximate surface area is 113 Å². The number of piperidine rings is 1. The van der Waals surface area contributed by atoms with Crippen LogP contribution in [0.3, 0.4) is 0 Å². The normalized spacial score (nSPS) is 15.1. The Bertz CT molecular complexity index is 578. The summed E-state index contributed by atoms with van der Waals surface area (Å²) in [5.74, 6) is -1.43. The summed E-state index contributed by atoms with van der Waals surface area (Å²) in [5, 5.41) is 22.2. The molecule has 0 saturated carbocycles. The minimum Gasteiger partial charge on any atom is -0.411 e. The van der Waals surface area contributed by atoms with Gasteiger partial charge in [-0.15, -0.1) is 0 Å². The van der Waals surface area contributed by atoms with Gasteiger partial charge in [0.2, 0.25) is 0 Å². The number of hydrogen-bond acceptors (Lipinski definition) is 5. The van der Waals surface area contributed by atoms with Crippen molar-refractivity contribution >= 4 is 17.3 Å². The first-order valence-electron chi connectivity index (χ1n) is 5.96. The highest BCUT2D eigenvalue weighted by Crippen LogP contribution is 2.19. The fourth-order valence-corrected chi connectivity index (χ4v) is 2.03. The molecule has 1 fully saturated rings. The van der Waals surface area contributed by atoms with Crippen molar-refractivity contribution in [1.29, 1.82) is 0 Å². The number of amides is 1. The Kier molecular flexibility index (Phi) is 3.92. The van der Waals surface area contributed by atoms with Crippen LogP contribution in [0.25, 0.3) is 0 Å². The molecule has 1 aromatic rings. The lowest BCUT2D eigenvalue weighted by molar-refractivity contribution is -0.385. The van der Waals surface area contributed by atoms with Gasteiger partial charge in [0.05, 0.1) is 22.3 Å². The van der Waals surface area contributed by atoms with Crippen molar-refractivity contribution in [3.63, 3.8) is 0 Å². The number of halogens is 1. The lowest BCUT2D eigenvalue weighted by atomic mass is 10.1. The van der Waals surface area contributed by atoms with E-state index in [4.69, 9.17) is 5.21 Å². The number of benzene rings is 1. The van der Waals surface area contributed by atoms with Crippen molar-refractivity contribution < 1.29 is 19.3 Å². The second kappa shape index (κ2) is 5.64.